The minimum absolute atomic E-state index is 0.0373. The van der Waals surface area contributed by atoms with Gasteiger partial charge in [-0.2, -0.15) is 16.4 Å². The number of hydrogen-bond acceptors (Lipinski definition) is 6. The molecule has 0 aliphatic carbocycles. The highest BCUT2D eigenvalue weighted by atomic mass is 16.7. The first-order valence-electron chi connectivity index (χ1n) is 11.4. The number of nitrogens with one attached hydrogen (secondary N) is 3. The molecule has 0 fully saturated rings. The molecule has 3 N–H and O–H groups in total. The van der Waals surface area contributed by atoms with Gasteiger partial charge in [-0.1, -0.05) is 54.4 Å². The average Bonchev–Trinajstić information content (AvgIpc) is 2.67. The van der Waals surface area contributed by atoms with Crippen LogP contribution in [-0.4, -0.2) is 29.5 Å². The summed E-state index contributed by atoms with van der Waals surface area (Å²) in [7, 11) is 0. The number of unbranched alkanes of at least 4 members (excludes halogenated alkanes) is 1. The number of rotatable bonds is 17. The molecular formula is C22H49N3O3. The zero-order valence-corrected chi connectivity index (χ0v) is 20.3. The molecule has 0 aromatic rings. The SMILES string of the molecule is CCCCC(C)ONC(CC)(NOC(C)(C)CC)C(CC)NOC(C)C(C)C. The van der Waals surface area contributed by atoms with Gasteiger partial charge < -0.3 is 0 Å². The predicted octanol–water partition coefficient (Wildman–Crippen LogP) is 5.25. The van der Waals surface area contributed by atoms with Crippen LogP contribution >= 0.6 is 0 Å². The monoisotopic (exact) mass is 403 g/mol. The molecule has 0 aliphatic rings. The Morgan fingerprint density at radius 2 is 1.50 bits per heavy atom. The van der Waals surface area contributed by atoms with Gasteiger partial charge in [-0.05, 0) is 59.3 Å². The molecule has 0 aliphatic heterocycles. The minimum atomic E-state index is -0.613. The van der Waals surface area contributed by atoms with E-state index in [2.05, 4.69) is 85.7 Å². The van der Waals surface area contributed by atoms with E-state index in [1.165, 1.54) is 6.42 Å². The lowest BCUT2D eigenvalue weighted by Crippen LogP contribution is -2.69. The van der Waals surface area contributed by atoms with E-state index in [0.29, 0.717) is 5.92 Å². The van der Waals surface area contributed by atoms with Crippen molar-refractivity contribution in [2.24, 2.45) is 5.92 Å². The van der Waals surface area contributed by atoms with Gasteiger partial charge >= 0.3 is 0 Å². The van der Waals surface area contributed by atoms with Gasteiger partial charge in [-0.15, -0.1) is 0 Å². The molecule has 0 bridgehead atoms. The Kier molecular flexibility index (Phi) is 13.8. The lowest BCUT2D eigenvalue weighted by atomic mass is 9.97. The van der Waals surface area contributed by atoms with Crippen molar-refractivity contribution < 1.29 is 14.5 Å². The molecule has 0 aromatic carbocycles. The standard InChI is InChI=1S/C22H49N3O3/c1-11-15-16-18(7)26-24-22(14-4,25-28-21(9,10)13-3)20(12-2)23-27-19(8)17(5)6/h17-20,23-25H,11-16H2,1-10H3. The van der Waals surface area contributed by atoms with Crippen LogP contribution < -0.4 is 16.4 Å². The van der Waals surface area contributed by atoms with E-state index in [0.717, 1.165) is 32.1 Å². The quantitative estimate of drug-likeness (QED) is 0.228. The van der Waals surface area contributed by atoms with E-state index in [-0.39, 0.29) is 23.9 Å². The lowest BCUT2D eigenvalue weighted by Gasteiger charge is -2.43. The van der Waals surface area contributed by atoms with Crippen molar-refractivity contribution in [3.05, 3.63) is 0 Å². The Hall–Kier alpha value is -0.240. The van der Waals surface area contributed by atoms with Gasteiger partial charge in [0.05, 0.1) is 23.9 Å². The molecule has 4 atom stereocenters. The van der Waals surface area contributed by atoms with E-state index < -0.39 is 5.66 Å². The largest absolute Gasteiger partial charge is 0.298 e. The second kappa shape index (κ2) is 13.9. The Bertz CT molecular complexity index is 393. The van der Waals surface area contributed by atoms with Crippen molar-refractivity contribution in [1.82, 2.24) is 16.4 Å². The lowest BCUT2D eigenvalue weighted by molar-refractivity contribution is -0.201. The molecule has 28 heavy (non-hydrogen) atoms. The van der Waals surface area contributed by atoms with Crippen molar-refractivity contribution in [3.8, 4) is 0 Å². The topological polar surface area (TPSA) is 63.8 Å². The van der Waals surface area contributed by atoms with Crippen LogP contribution in [0.2, 0.25) is 0 Å². The van der Waals surface area contributed by atoms with Gasteiger partial charge in [-0.25, -0.2) is 0 Å². The summed E-state index contributed by atoms with van der Waals surface area (Å²) in [4.78, 5) is 18.1. The third-order valence-electron chi connectivity index (χ3n) is 5.66. The maximum absolute atomic E-state index is 6.10. The maximum Gasteiger partial charge on any atom is 0.132 e. The molecule has 0 radical (unpaired) electrons. The summed E-state index contributed by atoms with van der Waals surface area (Å²) in [5.41, 5.74) is 9.01. The summed E-state index contributed by atoms with van der Waals surface area (Å²) in [6, 6.07) is -0.0373. The summed E-state index contributed by atoms with van der Waals surface area (Å²) < 4.78 is 0. The van der Waals surface area contributed by atoms with E-state index in [9.17, 15) is 0 Å². The van der Waals surface area contributed by atoms with Crippen molar-refractivity contribution >= 4 is 0 Å². The van der Waals surface area contributed by atoms with Crippen LogP contribution in [0, 0.1) is 5.92 Å². The highest BCUT2D eigenvalue weighted by Gasteiger charge is 2.40. The molecule has 0 spiro atoms. The van der Waals surface area contributed by atoms with Gasteiger partial charge in [0.1, 0.15) is 5.66 Å². The van der Waals surface area contributed by atoms with Crippen LogP contribution in [0.4, 0.5) is 0 Å². The van der Waals surface area contributed by atoms with Crippen molar-refractivity contribution in [2.45, 2.75) is 137 Å². The Morgan fingerprint density at radius 3 is 1.96 bits per heavy atom. The summed E-state index contributed by atoms with van der Waals surface area (Å²) >= 11 is 0. The van der Waals surface area contributed by atoms with E-state index in [4.69, 9.17) is 14.5 Å². The average molecular weight is 404 g/mol. The van der Waals surface area contributed by atoms with Gasteiger partial charge in [0, 0.05) is 0 Å². The van der Waals surface area contributed by atoms with Gasteiger partial charge in [0.15, 0.2) is 0 Å². The molecule has 0 rings (SSSR count). The third-order valence-corrected chi connectivity index (χ3v) is 5.66. The van der Waals surface area contributed by atoms with E-state index >= 15 is 0 Å². The normalized spacial score (nSPS) is 18.1. The second-order valence-electron chi connectivity index (χ2n) is 8.96. The smallest absolute Gasteiger partial charge is 0.132 e. The summed E-state index contributed by atoms with van der Waals surface area (Å²) in [5, 5.41) is 0. The summed E-state index contributed by atoms with van der Waals surface area (Å²) in [6.45, 7) is 21.2. The first-order chi connectivity index (χ1) is 13.1. The molecule has 0 saturated carbocycles. The highest BCUT2D eigenvalue weighted by molar-refractivity contribution is 4.90. The summed E-state index contributed by atoms with van der Waals surface area (Å²) in [5.74, 6) is 0.433. The molecule has 6 nitrogen and oxygen atoms in total. The number of hydroxylamine groups is 3. The number of hydrogen-bond donors (Lipinski definition) is 3. The Balaban J connectivity index is 5.32. The molecule has 4 unspecified atom stereocenters. The molecule has 0 saturated heterocycles. The Morgan fingerprint density at radius 1 is 0.857 bits per heavy atom. The zero-order valence-electron chi connectivity index (χ0n) is 20.3. The molecular weight excluding hydrogens is 354 g/mol. The van der Waals surface area contributed by atoms with Crippen LogP contribution in [0.3, 0.4) is 0 Å². The van der Waals surface area contributed by atoms with Gasteiger partial charge in [-0.3, -0.25) is 14.5 Å². The first kappa shape index (κ1) is 27.8. The van der Waals surface area contributed by atoms with Crippen LogP contribution in [0.5, 0.6) is 0 Å². The van der Waals surface area contributed by atoms with Crippen LogP contribution in [0.25, 0.3) is 0 Å². The minimum Gasteiger partial charge on any atom is -0.298 e. The first-order valence-corrected chi connectivity index (χ1v) is 11.4. The predicted molar refractivity (Wildman–Crippen MR) is 117 cm³/mol. The van der Waals surface area contributed by atoms with Crippen molar-refractivity contribution in [2.75, 3.05) is 0 Å². The van der Waals surface area contributed by atoms with E-state index in [1.54, 1.807) is 0 Å². The molecule has 6 heteroatoms. The van der Waals surface area contributed by atoms with Gasteiger partial charge in [0.25, 0.3) is 0 Å². The highest BCUT2D eigenvalue weighted by Crippen LogP contribution is 2.21. The van der Waals surface area contributed by atoms with E-state index in [1.807, 2.05) is 0 Å². The molecule has 0 amide bonds. The zero-order chi connectivity index (χ0) is 21.8. The van der Waals surface area contributed by atoms with Crippen molar-refractivity contribution in [3.63, 3.8) is 0 Å². The molecule has 0 heterocycles. The summed E-state index contributed by atoms with van der Waals surface area (Å²) in [6.07, 6.45) is 6.09. The molecule has 170 valence electrons. The molecule has 0 aromatic heterocycles. The van der Waals surface area contributed by atoms with Crippen LogP contribution in [0.15, 0.2) is 0 Å². The second-order valence-corrected chi connectivity index (χ2v) is 8.96. The third kappa shape index (κ3) is 9.99. The maximum atomic E-state index is 6.10. The van der Waals surface area contributed by atoms with Crippen LogP contribution in [-0.2, 0) is 14.5 Å². The van der Waals surface area contributed by atoms with Gasteiger partial charge in [0.2, 0.25) is 0 Å². The van der Waals surface area contributed by atoms with Crippen molar-refractivity contribution in [1.29, 1.82) is 0 Å². The van der Waals surface area contributed by atoms with Crippen LogP contribution in [0.1, 0.15) is 108 Å². The fourth-order valence-electron chi connectivity index (χ4n) is 2.47. The Labute approximate surface area is 174 Å². The fraction of sp³-hybridized carbons (Fsp3) is 1.00. The fourth-order valence-corrected chi connectivity index (χ4v) is 2.47.